The van der Waals surface area contributed by atoms with Crippen molar-refractivity contribution in [2.45, 2.75) is 32.9 Å². The number of hydrogen-bond donors (Lipinski definition) is 1. The molecule has 1 aromatic carbocycles. The minimum atomic E-state index is -4.42. The van der Waals surface area contributed by atoms with Gasteiger partial charge in [-0.15, -0.1) is 0 Å². The van der Waals surface area contributed by atoms with Gasteiger partial charge in [-0.25, -0.2) is 9.67 Å². The maximum Gasteiger partial charge on any atom is 0.416 e. The molecule has 0 aliphatic heterocycles. The number of pyridine rings is 1. The number of alkyl halides is 3. The molecule has 0 saturated carbocycles. The standard InChI is InChI=1S/C21H21F3N4O/c1-14-18(15(2)28(27-14)19-8-3-4-10-25-19)9-11-26-20(29)13-16-6-5-7-17(12-16)21(22,23)24/h3-8,10,12H,9,11,13H2,1-2H3,(H,26,29). The van der Waals surface area contributed by atoms with Crippen LogP contribution in [0.25, 0.3) is 5.82 Å². The molecule has 0 aliphatic rings. The van der Waals surface area contributed by atoms with Crippen LogP contribution in [-0.4, -0.2) is 27.2 Å². The summed E-state index contributed by atoms with van der Waals surface area (Å²) in [5.41, 5.74) is 2.37. The minimum Gasteiger partial charge on any atom is -0.355 e. The first kappa shape index (κ1) is 20.6. The molecule has 0 fully saturated rings. The Balaban J connectivity index is 1.59. The van der Waals surface area contributed by atoms with Gasteiger partial charge in [0.1, 0.15) is 0 Å². The summed E-state index contributed by atoms with van der Waals surface area (Å²) < 4.78 is 40.1. The monoisotopic (exact) mass is 402 g/mol. The van der Waals surface area contributed by atoms with Crippen LogP contribution in [-0.2, 0) is 23.8 Å². The number of aromatic nitrogens is 3. The number of rotatable bonds is 6. The Morgan fingerprint density at radius 2 is 1.93 bits per heavy atom. The van der Waals surface area contributed by atoms with E-state index < -0.39 is 11.7 Å². The van der Waals surface area contributed by atoms with Crippen molar-refractivity contribution in [3.8, 4) is 5.82 Å². The Bertz CT molecular complexity index is 997. The highest BCUT2D eigenvalue weighted by Crippen LogP contribution is 2.29. The molecule has 1 N–H and O–H groups in total. The molecular weight excluding hydrogens is 381 g/mol. The Kier molecular flexibility index (Phi) is 6.00. The Labute approximate surface area is 166 Å². The van der Waals surface area contributed by atoms with Crippen LogP contribution in [0.15, 0.2) is 48.7 Å². The van der Waals surface area contributed by atoms with E-state index in [1.807, 2.05) is 32.0 Å². The topological polar surface area (TPSA) is 59.8 Å². The fourth-order valence-electron chi connectivity index (χ4n) is 3.17. The number of carbonyl (C=O) groups is 1. The summed E-state index contributed by atoms with van der Waals surface area (Å²) in [7, 11) is 0. The molecule has 5 nitrogen and oxygen atoms in total. The number of nitrogens with zero attached hydrogens (tertiary/aromatic N) is 3. The second-order valence-electron chi connectivity index (χ2n) is 6.72. The lowest BCUT2D eigenvalue weighted by atomic mass is 10.1. The van der Waals surface area contributed by atoms with E-state index >= 15 is 0 Å². The molecule has 0 aliphatic carbocycles. The minimum absolute atomic E-state index is 0.102. The SMILES string of the molecule is Cc1nn(-c2ccccn2)c(C)c1CCNC(=O)Cc1cccc(C(F)(F)F)c1. The summed E-state index contributed by atoms with van der Waals surface area (Å²) in [6, 6.07) is 10.4. The van der Waals surface area contributed by atoms with Gasteiger partial charge in [-0.05, 0) is 49.6 Å². The maximum absolute atomic E-state index is 12.8. The van der Waals surface area contributed by atoms with Crippen molar-refractivity contribution < 1.29 is 18.0 Å². The molecule has 0 saturated heterocycles. The molecule has 0 spiro atoms. The molecule has 0 radical (unpaired) electrons. The Hall–Kier alpha value is -3.16. The van der Waals surface area contributed by atoms with Crippen LogP contribution < -0.4 is 5.32 Å². The number of nitrogens with one attached hydrogen (secondary N) is 1. The molecule has 8 heteroatoms. The van der Waals surface area contributed by atoms with Crippen LogP contribution in [0.5, 0.6) is 0 Å². The summed E-state index contributed by atoms with van der Waals surface area (Å²) >= 11 is 0. The van der Waals surface area contributed by atoms with Crippen LogP contribution >= 0.6 is 0 Å². The van der Waals surface area contributed by atoms with Crippen molar-refractivity contribution in [2.75, 3.05) is 6.54 Å². The van der Waals surface area contributed by atoms with Crippen LogP contribution in [0.2, 0.25) is 0 Å². The number of halogens is 3. The van der Waals surface area contributed by atoms with Crippen molar-refractivity contribution in [1.29, 1.82) is 0 Å². The maximum atomic E-state index is 12.8. The summed E-state index contributed by atoms with van der Waals surface area (Å²) in [5.74, 6) is 0.393. The lowest BCUT2D eigenvalue weighted by molar-refractivity contribution is -0.137. The average Bonchev–Trinajstić information content (AvgIpc) is 2.96. The number of aryl methyl sites for hydroxylation is 1. The van der Waals surface area contributed by atoms with Crippen LogP contribution in [0.4, 0.5) is 13.2 Å². The molecule has 152 valence electrons. The quantitative estimate of drug-likeness (QED) is 0.682. The lowest BCUT2D eigenvalue weighted by Crippen LogP contribution is -2.27. The van der Waals surface area contributed by atoms with Crippen molar-refractivity contribution >= 4 is 5.91 Å². The average molecular weight is 402 g/mol. The number of benzene rings is 1. The largest absolute Gasteiger partial charge is 0.416 e. The summed E-state index contributed by atoms with van der Waals surface area (Å²) in [5, 5.41) is 7.28. The third-order valence-corrected chi connectivity index (χ3v) is 4.62. The number of amides is 1. The first-order valence-electron chi connectivity index (χ1n) is 9.15. The van der Waals surface area contributed by atoms with Gasteiger partial charge in [0, 0.05) is 18.4 Å². The van der Waals surface area contributed by atoms with Gasteiger partial charge in [-0.2, -0.15) is 18.3 Å². The molecular formula is C21H21F3N4O. The predicted molar refractivity (Wildman–Crippen MR) is 103 cm³/mol. The smallest absolute Gasteiger partial charge is 0.355 e. The van der Waals surface area contributed by atoms with Gasteiger partial charge in [-0.1, -0.05) is 24.3 Å². The molecule has 29 heavy (non-hydrogen) atoms. The lowest BCUT2D eigenvalue weighted by Gasteiger charge is -2.09. The molecule has 0 bridgehead atoms. The van der Waals surface area contributed by atoms with E-state index in [9.17, 15) is 18.0 Å². The number of hydrogen-bond acceptors (Lipinski definition) is 3. The van der Waals surface area contributed by atoms with Gasteiger partial charge in [0.25, 0.3) is 0 Å². The summed E-state index contributed by atoms with van der Waals surface area (Å²) in [6.07, 6.45) is -2.26. The van der Waals surface area contributed by atoms with E-state index in [0.29, 0.717) is 24.3 Å². The Morgan fingerprint density at radius 3 is 2.62 bits per heavy atom. The highest BCUT2D eigenvalue weighted by molar-refractivity contribution is 5.78. The van der Waals surface area contributed by atoms with Gasteiger partial charge in [0.15, 0.2) is 5.82 Å². The van der Waals surface area contributed by atoms with E-state index in [1.165, 1.54) is 12.1 Å². The fraction of sp³-hybridized carbons (Fsp3) is 0.286. The van der Waals surface area contributed by atoms with Crippen LogP contribution in [0.1, 0.15) is 28.1 Å². The zero-order valence-corrected chi connectivity index (χ0v) is 16.1. The molecule has 0 atom stereocenters. The van der Waals surface area contributed by atoms with Crippen molar-refractivity contribution in [1.82, 2.24) is 20.1 Å². The van der Waals surface area contributed by atoms with Gasteiger partial charge in [0.05, 0.1) is 17.7 Å². The van der Waals surface area contributed by atoms with Gasteiger partial charge < -0.3 is 5.32 Å². The first-order chi connectivity index (χ1) is 13.8. The van der Waals surface area contributed by atoms with Crippen molar-refractivity contribution in [3.05, 3.63) is 76.7 Å². The van der Waals surface area contributed by atoms with Crippen molar-refractivity contribution in [2.24, 2.45) is 0 Å². The third kappa shape index (κ3) is 5.01. The summed E-state index contributed by atoms with van der Waals surface area (Å²) in [4.78, 5) is 16.4. The molecule has 2 aromatic heterocycles. The second-order valence-corrected chi connectivity index (χ2v) is 6.72. The van der Waals surface area contributed by atoms with Crippen LogP contribution in [0, 0.1) is 13.8 Å². The zero-order valence-electron chi connectivity index (χ0n) is 16.1. The van der Waals surface area contributed by atoms with E-state index in [0.717, 1.165) is 29.1 Å². The third-order valence-electron chi connectivity index (χ3n) is 4.62. The summed E-state index contributed by atoms with van der Waals surface area (Å²) in [6.45, 7) is 4.20. The molecule has 0 unspecified atom stereocenters. The van der Waals surface area contributed by atoms with E-state index in [2.05, 4.69) is 15.4 Å². The second kappa shape index (κ2) is 8.46. The van der Waals surface area contributed by atoms with Crippen LogP contribution in [0.3, 0.4) is 0 Å². The molecule has 1 amide bonds. The van der Waals surface area contributed by atoms with E-state index in [4.69, 9.17) is 0 Å². The normalized spacial score (nSPS) is 11.5. The zero-order chi connectivity index (χ0) is 21.0. The molecule has 3 rings (SSSR count). The van der Waals surface area contributed by atoms with Gasteiger partial charge >= 0.3 is 6.18 Å². The Morgan fingerprint density at radius 1 is 1.14 bits per heavy atom. The van der Waals surface area contributed by atoms with Gasteiger partial charge in [0.2, 0.25) is 5.91 Å². The van der Waals surface area contributed by atoms with E-state index in [1.54, 1.807) is 10.9 Å². The number of carbonyl (C=O) groups excluding carboxylic acids is 1. The van der Waals surface area contributed by atoms with Gasteiger partial charge in [-0.3, -0.25) is 4.79 Å². The highest BCUT2D eigenvalue weighted by atomic mass is 19.4. The predicted octanol–water partition coefficient (Wildman–Crippen LogP) is 3.80. The fourth-order valence-corrected chi connectivity index (χ4v) is 3.17. The van der Waals surface area contributed by atoms with Crippen molar-refractivity contribution in [3.63, 3.8) is 0 Å². The molecule has 2 heterocycles. The highest BCUT2D eigenvalue weighted by Gasteiger charge is 2.30. The molecule has 3 aromatic rings. The van der Waals surface area contributed by atoms with E-state index in [-0.39, 0.29) is 12.3 Å². The first-order valence-corrected chi connectivity index (χ1v) is 9.15.